The zero-order chi connectivity index (χ0) is 16.9. The smallest absolute Gasteiger partial charge is 0.257 e. The van der Waals surface area contributed by atoms with Crippen LogP contribution in [0.1, 0.15) is 16.7 Å². The minimum absolute atomic E-state index is 0.0399. The Morgan fingerprint density at radius 1 is 1.17 bits per heavy atom. The van der Waals surface area contributed by atoms with Crippen LogP contribution in [-0.2, 0) is 11.2 Å². The summed E-state index contributed by atoms with van der Waals surface area (Å²) in [5, 5.41) is 4.12. The number of aryl methyl sites for hydroxylation is 2. The maximum absolute atomic E-state index is 12.0. The van der Waals surface area contributed by atoms with Crippen molar-refractivity contribution in [2.24, 2.45) is 0 Å². The fraction of sp³-hybridized carbons (Fsp3) is 0.250. The van der Waals surface area contributed by atoms with Crippen LogP contribution in [0.2, 0.25) is 0 Å². The number of carbonyl (C=O) groups excluding carboxylic acids is 1. The summed E-state index contributed by atoms with van der Waals surface area (Å²) in [6.45, 7) is 4.62. The lowest BCUT2D eigenvalue weighted by molar-refractivity contribution is -0.123. The molecule has 0 saturated heterocycles. The number of hydrogen-bond acceptors (Lipinski definition) is 2. The number of fused-ring (bicyclic) bond motifs is 1. The molecule has 0 spiro atoms. The van der Waals surface area contributed by atoms with Gasteiger partial charge in [0, 0.05) is 23.6 Å². The summed E-state index contributed by atoms with van der Waals surface area (Å²) in [6.07, 6.45) is 2.79. The Morgan fingerprint density at radius 3 is 2.88 bits per heavy atom. The maximum atomic E-state index is 12.0. The van der Waals surface area contributed by atoms with Crippen molar-refractivity contribution in [2.75, 3.05) is 13.2 Å². The Hall–Kier alpha value is -2.75. The Bertz CT molecular complexity index is 852. The van der Waals surface area contributed by atoms with E-state index in [9.17, 15) is 4.79 Å². The summed E-state index contributed by atoms with van der Waals surface area (Å²) in [4.78, 5) is 15.2. The predicted molar refractivity (Wildman–Crippen MR) is 96.4 cm³/mol. The average molecular weight is 322 g/mol. The molecular weight excluding hydrogens is 300 g/mol. The van der Waals surface area contributed by atoms with Crippen molar-refractivity contribution in [3.63, 3.8) is 0 Å². The van der Waals surface area contributed by atoms with Crippen LogP contribution in [0.3, 0.4) is 0 Å². The Labute approximate surface area is 141 Å². The van der Waals surface area contributed by atoms with Crippen LogP contribution in [0.25, 0.3) is 10.9 Å². The van der Waals surface area contributed by atoms with Gasteiger partial charge in [-0.05, 0) is 49.1 Å². The van der Waals surface area contributed by atoms with E-state index in [-0.39, 0.29) is 12.5 Å². The monoisotopic (exact) mass is 322 g/mol. The number of nitrogens with one attached hydrogen (secondary N) is 2. The van der Waals surface area contributed by atoms with Gasteiger partial charge in [0.2, 0.25) is 0 Å². The van der Waals surface area contributed by atoms with Gasteiger partial charge in [-0.15, -0.1) is 0 Å². The van der Waals surface area contributed by atoms with Gasteiger partial charge >= 0.3 is 0 Å². The van der Waals surface area contributed by atoms with Crippen LogP contribution in [0.5, 0.6) is 5.75 Å². The van der Waals surface area contributed by atoms with Crippen molar-refractivity contribution < 1.29 is 9.53 Å². The molecule has 0 unspecified atom stereocenters. The molecule has 0 aliphatic heterocycles. The van der Waals surface area contributed by atoms with Gasteiger partial charge in [-0.1, -0.05) is 30.3 Å². The second kappa shape index (κ2) is 7.21. The van der Waals surface area contributed by atoms with E-state index in [0.717, 1.165) is 28.8 Å². The zero-order valence-electron chi connectivity index (χ0n) is 14.1. The standard InChI is InChI=1S/C20H22N2O2/c1-14-7-8-15(2)19(11-14)24-13-20(23)21-10-9-16-12-22-18-6-4-3-5-17(16)18/h3-8,11-12,22H,9-10,13H2,1-2H3,(H,21,23). The summed E-state index contributed by atoms with van der Waals surface area (Å²) >= 11 is 0. The molecule has 24 heavy (non-hydrogen) atoms. The third-order valence-electron chi connectivity index (χ3n) is 4.09. The molecule has 2 aromatic carbocycles. The van der Waals surface area contributed by atoms with E-state index in [4.69, 9.17) is 4.74 Å². The van der Waals surface area contributed by atoms with E-state index in [0.29, 0.717) is 6.54 Å². The first-order chi connectivity index (χ1) is 11.6. The second-order valence-electron chi connectivity index (χ2n) is 6.02. The number of amides is 1. The molecule has 1 heterocycles. The van der Waals surface area contributed by atoms with Crippen LogP contribution >= 0.6 is 0 Å². The van der Waals surface area contributed by atoms with E-state index >= 15 is 0 Å². The lowest BCUT2D eigenvalue weighted by Gasteiger charge is -2.10. The van der Waals surface area contributed by atoms with Crippen LogP contribution < -0.4 is 10.1 Å². The highest BCUT2D eigenvalue weighted by atomic mass is 16.5. The van der Waals surface area contributed by atoms with Crippen molar-refractivity contribution in [1.29, 1.82) is 0 Å². The molecule has 0 aliphatic carbocycles. The minimum atomic E-state index is -0.101. The highest BCUT2D eigenvalue weighted by molar-refractivity contribution is 5.83. The molecule has 1 aromatic heterocycles. The molecule has 4 nitrogen and oxygen atoms in total. The molecule has 3 rings (SSSR count). The molecule has 0 aliphatic rings. The highest BCUT2D eigenvalue weighted by Crippen LogP contribution is 2.19. The van der Waals surface area contributed by atoms with Gasteiger partial charge in [-0.3, -0.25) is 4.79 Å². The number of hydrogen-bond donors (Lipinski definition) is 2. The molecular formula is C20H22N2O2. The number of H-pyrrole nitrogens is 1. The van der Waals surface area contributed by atoms with E-state index in [2.05, 4.69) is 22.4 Å². The molecule has 0 radical (unpaired) electrons. The number of para-hydroxylation sites is 1. The first kappa shape index (κ1) is 16.1. The molecule has 4 heteroatoms. The number of carbonyl (C=O) groups is 1. The van der Waals surface area contributed by atoms with Gasteiger partial charge in [0.15, 0.2) is 6.61 Å². The molecule has 0 atom stereocenters. The Balaban J connectivity index is 1.48. The zero-order valence-corrected chi connectivity index (χ0v) is 14.1. The second-order valence-corrected chi connectivity index (χ2v) is 6.02. The van der Waals surface area contributed by atoms with Gasteiger partial charge in [-0.2, -0.15) is 0 Å². The number of aromatic amines is 1. The molecule has 0 fully saturated rings. The number of aromatic nitrogens is 1. The minimum Gasteiger partial charge on any atom is -0.483 e. The van der Waals surface area contributed by atoms with Gasteiger partial charge in [0.05, 0.1) is 0 Å². The lowest BCUT2D eigenvalue weighted by Crippen LogP contribution is -2.30. The molecule has 1 amide bonds. The number of ether oxygens (including phenoxy) is 1. The van der Waals surface area contributed by atoms with Crippen molar-refractivity contribution in [3.8, 4) is 5.75 Å². The van der Waals surface area contributed by atoms with Crippen molar-refractivity contribution >= 4 is 16.8 Å². The quantitative estimate of drug-likeness (QED) is 0.729. The summed E-state index contributed by atoms with van der Waals surface area (Å²) in [6, 6.07) is 14.2. The first-order valence-corrected chi connectivity index (χ1v) is 8.15. The number of rotatable bonds is 6. The normalized spacial score (nSPS) is 10.8. The maximum Gasteiger partial charge on any atom is 0.257 e. The van der Waals surface area contributed by atoms with Crippen LogP contribution in [0, 0.1) is 13.8 Å². The summed E-state index contributed by atoms with van der Waals surface area (Å²) in [5.41, 5.74) is 4.49. The van der Waals surface area contributed by atoms with E-state index in [1.165, 1.54) is 10.9 Å². The SMILES string of the molecule is Cc1ccc(C)c(OCC(=O)NCCc2c[nH]c3ccccc23)c1. The van der Waals surface area contributed by atoms with E-state index < -0.39 is 0 Å². The average Bonchev–Trinajstić information content (AvgIpc) is 2.99. The fourth-order valence-corrected chi connectivity index (χ4v) is 2.73. The summed E-state index contributed by atoms with van der Waals surface area (Å²) < 4.78 is 5.62. The van der Waals surface area contributed by atoms with Gasteiger partial charge in [0.25, 0.3) is 5.91 Å². The summed E-state index contributed by atoms with van der Waals surface area (Å²) in [7, 11) is 0. The Morgan fingerprint density at radius 2 is 2.00 bits per heavy atom. The lowest BCUT2D eigenvalue weighted by atomic mass is 10.1. The molecule has 2 N–H and O–H groups in total. The van der Waals surface area contributed by atoms with E-state index in [1.807, 2.05) is 50.4 Å². The largest absolute Gasteiger partial charge is 0.483 e. The summed E-state index contributed by atoms with van der Waals surface area (Å²) in [5.74, 6) is 0.664. The number of benzene rings is 2. The highest BCUT2D eigenvalue weighted by Gasteiger charge is 2.06. The predicted octanol–water partition coefficient (Wildman–Crippen LogP) is 3.52. The van der Waals surface area contributed by atoms with Crippen molar-refractivity contribution in [1.82, 2.24) is 10.3 Å². The molecule has 0 bridgehead atoms. The van der Waals surface area contributed by atoms with Crippen molar-refractivity contribution in [2.45, 2.75) is 20.3 Å². The topological polar surface area (TPSA) is 54.1 Å². The first-order valence-electron chi connectivity index (χ1n) is 8.15. The molecule has 0 saturated carbocycles. The molecule has 3 aromatic rings. The van der Waals surface area contributed by atoms with Crippen LogP contribution in [0.4, 0.5) is 0 Å². The van der Waals surface area contributed by atoms with Gasteiger partial charge < -0.3 is 15.0 Å². The van der Waals surface area contributed by atoms with Crippen LogP contribution in [0.15, 0.2) is 48.7 Å². The van der Waals surface area contributed by atoms with Gasteiger partial charge in [0.1, 0.15) is 5.75 Å². The third-order valence-corrected chi connectivity index (χ3v) is 4.09. The van der Waals surface area contributed by atoms with E-state index in [1.54, 1.807) is 0 Å². The van der Waals surface area contributed by atoms with Gasteiger partial charge in [-0.25, -0.2) is 0 Å². The van der Waals surface area contributed by atoms with Crippen LogP contribution in [-0.4, -0.2) is 24.0 Å². The molecule has 124 valence electrons. The fourth-order valence-electron chi connectivity index (χ4n) is 2.73. The van der Waals surface area contributed by atoms with Crippen molar-refractivity contribution in [3.05, 3.63) is 65.4 Å². The third kappa shape index (κ3) is 3.77. The Kier molecular flexibility index (Phi) is 4.85.